The number of hydrogen-bond acceptors (Lipinski definition) is 5. The van der Waals surface area contributed by atoms with Crippen molar-refractivity contribution in [2.45, 2.75) is 6.92 Å². The minimum atomic E-state index is -0.136. The van der Waals surface area contributed by atoms with Gasteiger partial charge in [-0.3, -0.25) is 4.79 Å². The molecule has 2 aliphatic heterocycles. The molecule has 2 aliphatic rings. The number of carbonyl (C=O) groups excluding carboxylic acids is 1. The van der Waals surface area contributed by atoms with Crippen molar-refractivity contribution >= 4 is 40.3 Å². The fraction of sp³-hybridized carbons (Fsp3) is 0.304. The smallest absolute Gasteiger partial charge is 0.286 e. The average Bonchev–Trinajstić information content (AvgIpc) is 3.09. The van der Waals surface area contributed by atoms with Crippen molar-refractivity contribution in [3.05, 3.63) is 64.6 Å². The standard InChI is InChI=1S/C23H26N4OS/c1-17-4-8-20(9-5-17)26-12-14-27(15-13-26)23-24-22(28)21(29-23)16-18-6-10-19(11-7-18)25(2)3/h4-11,16H,12-15H2,1-3H3. The van der Waals surface area contributed by atoms with Gasteiger partial charge in [-0.2, -0.15) is 4.99 Å². The number of piperazine rings is 1. The summed E-state index contributed by atoms with van der Waals surface area (Å²) >= 11 is 1.49. The van der Waals surface area contributed by atoms with Crippen LogP contribution in [0.4, 0.5) is 11.4 Å². The Morgan fingerprint density at radius 1 is 0.931 bits per heavy atom. The number of carbonyl (C=O) groups is 1. The van der Waals surface area contributed by atoms with E-state index < -0.39 is 0 Å². The van der Waals surface area contributed by atoms with Crippen molar-refractivity contribution in [3.63, 3.8) is 0 Å². The minimum Gasteiger partial charge on any atom is -0.378 e. The minimum absolute atomic E-state index is 0.136. The van der Waals surface area contributed by atoms with Gasteiger partial charge in [-0.1, -0.05) is 29.8 Å². The number of anilines is 2. The molecule has 0 unspecified atom stereocenters. The van der Waals surface area contributed by atoms with Crippen LogP contribution in [0.15, 0.2) is 58.4 Å². The molecule has 0 radical (unpaired) electrons. The Hall–Kier alpha value is -2.73. The lowest BCUT2D eigenvalue weighted by molar-refractivity contribution is -0.113. The van der Waals surface area contributed by atoms with E-state index >= 15 is 0 Å². The fourth-order valence-electron chi connectivity index (χ4n) is 3.46. The maximum atomic E-state index is 12.4. The summed E-state index contributed by atoms with van der Waals surface area (Å²) < 4.78 is 0. The quantitative estimate of drug-likeness (QED) is 0.724. The molecule has 5 nitrogen and oxygen atoms in total. The van der Waals surface area contributed by atoms with Crippen LogP contribution in [0.3, 0.4) is 0 Å². The zero-order valence-electron chi connectivity index (χ0n) is 17.1. The number of thioether (sulfide) groups is 1. The van der Waals surface area contributed by atoms with E-state index in [9.17, 15) is 4.79 Å². The van der Waals surface area contributed by atoms with Gasteiger partial charge in [0.15, 0.2) is 5.17 Å². The summed E-state index contributed by atoms with van der Waals surface area (Å²) in [6, 6.07) is 16.9. The van der Waals surface area contributed by atoms with Gasteiger partial charge in [0.05, 0.1) is 4.91 Å². The van der Waals surface area contributed by atoms with Gasteiger partial charge in [-0.25, -0.2) is 0 Å². The lowest BCUT2D eigenvalue weighted by Gasteiger charge is -2.36. The van der Waals surface area contributed by atoms with E-state index in [4.69, 9.17) is 0 Å². The lowest BCUT2D eigenvalue weighted by atomic mass is 10.2. The Labute approximate surface area is 176 Å². The highest BCUT2D eigenvalue weighted by Gasteiger charge is 2.28. The molecule has 2 aromatic rings. The van der Waals surface area contributed by atoms with Gasteiger partial charge in [-0.15, -0.1) is 0 Å². The number of hydrogen-bond donors (Lipinski definition) is 0. The second kappa shape index (κ2) is 8.33. The number of aliphatic imine (C=N–C) groups is 1. The van der Waals surface area contributed by atoms with Crippen LogP contribution in [0.1, 0.15) is 11.1 Å². The molecule has 1 amide bonds. The van der Waals surface area contributed by atoms with Gasteiger partial charge in [0.1, 0.15) is 0 Å². The molecular weight excluding hydrogens is 380 g/mol. The molecule has 1 saturated heterocycles. The molecule has 0 bridgehead atoms. The molecule has 2 aromatic carbocycles. The van der Waals surface area contributed by atoms with Gasteiger partial charge in [0.2, 0.25) is 0 Å². The molecule has 4 rings (SSSR count). The molecule has 0 atom stereocenters. The average molecular weight is 407 g/mol. The molecule has 0 saturated carbocycles. The molecular formula is C23H26N4OS. The van der Waals surface area contributed by atoms with E-state index in [0.717, 1.165) is 42.6 Å². The summed E-state index contributed by atoms with van der Waals surface area (Å²) in [7, 11) is 4.03. The summed E-state index contributed by atoms with van der Waals surface area (Å²) in [4.78, 5) is 24.1. The Morgan fingerprint density at radius 2 is 1.55 bits per heavy atom. The first-order chi connectivity index (χ1) is 14.0. The molecule has 0 N–H and O–H groups in total. The SMILES string of the molecule is Cc1ccc(N2CCN(C3=NC(=O)C(=Cc4ccc(N(C)C)cc4)S3)CC2)cc1. The lowest BCUT2D eigenvalue weighted by Crippen LogP contribution is -2.47. The van der Waals surface area contributed by atoms with Crippen molar-refractivity contribution in [1.29, 1.82) is 0 Å². The van der Waals surface area contributed by atoms with Crippen molar-refractivity contribution in [1.82, 2.24) is 4.90 Å². The number of amides is 1. The fourth-order valence-corrected chi connectivity index (χ4v) is 4.43. The third-order valence-corrected chi connectivity index (χ3v) is 6.31. The van der Waals surface area contributed by atoms with Crippen LogP contribution in [-0.2, 0) is 4.79 Å². The number of amidine groups is 1. The monoisotopic (exact) mass is 406 g/mol. The van der Waals surface area contributed by atoms with Gasteiger partial charge in [0.25, 0.3) is 5.91 Å². The maximum Gasteiger partial charge on any atom is 0.286 e. The van der Waals surface area contributed by atoms with E-state index in [2.05, 4.69) is 63.0 Å². The predicted octanol–water partition coefficient (Wildman–Crippen LogP) is 3.85. The van der Waals surface area contributed by atoms with Crippen LogP contribution in [0.2, 0.25) is 0 Å². The van der Waals surface area contributed by atoms with E-state index in [0.29, 0.717) is 4.91 Å². The van der Waals surface area contributed by atoms with Gasteiger partial charge >= 0.3 is 0 Å². The summed E-state index contributed by atoms with van der Waals surface area (Å²) in [5, 5.41) is 0.828. The van der Waals surface area contributed by atoms with Crippen molar-refractivity contribution in [3.8, 4) is 0 Å². The second-order valence-electron chi connectivity index (χ2n) is 7.61. The largest absolute Gasteiger partial charge is 0.378 e. The van der Waals surface area contributed by atoms with Crippen LogP contribution < -0.4 is 9.80 Å². The Bertz CT molecular complexity index is 940. The first-order valence-corrected chi connectivity index (χ1v) is 10.7. The van der Waals surface area contributed by atoms with E-state index in [-0.39, 0.29) is 5.91 Å². The van der Waals surface area contributed by atoms with E-state index in [1.807, 2.05) is 32.3 Å². The summed E-state index contributed by atoms with van der Waals surface area (Å²) in [6.45, 7) is 5.72. The van der Waals surface area contributed by atoms with Crippen molar-refractivity contribution in [2.24, 2.45) is 4.99 Å². The third kappa shape index (κ3) is 4.48. The molecule has 6 heteroatoms. The zero-order chi connectivity index (χ0) is 20.4. The van der Waals surface area contributed by atoms with Gasteiger partial charge in [0, 0.05) is 51.6 Å². The number of aryl methyl sites for hydroxylation is 1. The molecule has 0 aromatic heterocycles. The van der Waals surface area contributed by atoms with Crippen molar-refractivity contribution in [2.75, 3.05) is 50.1 Å². The highest BCUT2D eigenvalue weighted by atomic mass is 32.2. The Kier molecular flexibility index (Phi) is 5.62. The maximum absolute atomic E-state index is 12.4. The summed E-state index contributed by atoms with van der Waals surface area (Å²) in [5.41, 5.74) is 4.69. The summed E-state index contributed by atoms with van der Waals surface area (Å²) in [6.07, 6.45) is 1.94. The van der Waals surface area contributed by atoms with E-state index in [1.54, 1.807) is 0 Å². The highest BCUT2D eigenvalue weighted by Crippen LogP contribution is 2.31. The van der Waals surface area contributed by atoms with E-state index in [1.165, 1.54) is 23.0 Å². The number of nitrogens with zero attached hydrogens (tertiary/aromatic N) is 4. The number of rotatable bonds is 3. The van der Waals surface area contributed by atoms with Crippen LogP contribution in [0.5, 0.6) is 0 Å². The predicted molar refractivity (Wildman–Crippen MR) is 124 cm³/mol. The Balaban J connectivity index is 1.38. The summed E-state index contributed by atoms with van der Waals surface area (Å²) in [5.74, 6) is -0.136. The normalized spacial score (nSPS) is 18.4. The zero-order valence-corrected chi connectivity index (χ0v) is 17.9. The topological polar surface area (TPSA) is 39.1 Å². The molecule has 150 valence electrons. The van der Waals surface area contributed by atoms with Crippen LogP contribution in [0, 0.1) is 6.92 Å². The Morgan fingerprint density at radius 3 is 2.17 bits per heavy atom. The second-order valence-corrected chi connectivity index (χ2v) is 8.61. The third-order valence-electron chi connectivity index (χ3n) is 5.27. The van der Waals surface area contributed by atoms with Gasteiger partial charge < -0.3 is 14.7 Å². The first-order valence-electron chi connectivity index (χ1n) is 9.86. The first kappa shape index (κ1) is 19.6. The van der Waals surface area contributed by atoms with Crippen LogP contribution >= 0.6 is 11.8 Å². The molecule has 0 aliphatic carbocycles. The molecule has 0 spiro atoms. The highest BCUT2D eigenvalue weighted by molar-refractivity contribution is 8.18. The van der Waals surface area contributed by atoms with Gasteiger partial charge in [-0.05, 0) is 54.6 Å². The molecule has 29 heavy (non-hydrogen) atoms. The van der Waals surface area contributed by atoms with Crippen molar-refractivity contribution < 1.29 is 4.79 Å². The molecule has 2 heterocycles. The van der Waals surface area contributed by atoms with Crippen LogP contribution in [0.25, 0.3) is 6.08 Å². The van der Waals surface area contributed by atoms with Crippen LogP contribution in [-0.4, -0.2) is 56.2 Å². The number of benzene rings is 2. The molecule has 1 fully saturated rings.